The number of rotatable bonds is 7. The normalized spacial score (nSPS) is 16.8. The van der Waals surface area contributed by atoms with E-state index in [1.807, 2.05) is 31.2 Å². The van der Waals surface area contributed by atoms with E-state index in [2.05, 4.69) is 20.8 Å². The van der Waals surface area contributed by atoms with Gasteiger partial charge in [0.25, 0.3) is 11.7 Å². The first-order chi connectivity index (χ1) is 18.9. The van der Waals surface area contributed by atoms with Crippen molar-refractivity contribution in [1.29, 1.82) is 0 Å². The van der Waals surface area contributed by atoms with E-state index in [1.54, 1.807) is 24.3 Å². The molecular weight excluding hydrogens is 553 g/mol. The van der Waals surface area contributed by atoms with Crippen LogP contribution in [0.1, 0.15) is 50.4 Å². The van der Waals surface area contributed by atoms with Gasteiger partial charge in [0.1, 0.15) is 16.5 Å². The second kappa shape index (κ2) is 11.4. The summed E-state index contributed by atoms with van der Waals surface area (Å²) in [6.45, 7) is 8.57. The fourth-order valence-electron chi connectivity index (χ4n) is 4.76. The van der Waals surface area contributed by atoms with Crippen LogP contribution in [0.15, 0.2) is 60.2 Å². The van der Waals surface area contributed by atoms with Gasteiger partial charge in [-0.25, -0.2) is 0 Å². The molecule has 1 N–H and O–H groups in total. The van der Waals surface area contributed by atoms with E-state index in [4.69, 9.17) is 37.4 Å². The maximum Gasteiger partial charge on any atom is 0.300 e. The van der Waals surface area contributed by atoms with Crippen molar-refractivity contribution in [3.8, 4) is 17.2 Å². The molecule has 0 aliphatic carbocycles. The molecule has 3 aromatic carbocycles. The van der Waals surface area contributed by atoms with Gasteiger partial charge >= 0.3 is 0 Å². The average molecular weight is 584 g/mol. The molecule has 1 unspecified atom stereocenters. The molecule has 1 fully saturated rings. The van der Waals surface area contributed by atoms with Gasteiger partial charge in [0, 0.05) is 11.8 Å². The molecule has 1 heterocycles. The number of anilines is 1. The largest absolute Gasteiger partial charge is 0.507 e. The van der Waals surface area contributed by atoms with Crippen LogP contribution in [0.4, 0.5) is 5.69 Å². The third-order valence-electron chi connectivity index (χ3n) is 6.74. The van der Waals surface area contributed by atoms with Crippen LogP contribution in [0, 0.1) is 0 Å². The topological polar surface area (TPSA) is 85.3 Å². The molecule has 0 bridgehead atoms. The summed E-state index contributed by atoms with van der Waals surface area (Å²) in [7, 11) is 2.76. The Hall–Kier alpha value is -3.68. The van der Waals surface area contributed by atoms with E-state index < -0.39 is 23.5 Å². The third-order valence-corrected chi connectivity index (χ3v) is 7.36. The Kier molecular flexibility index (Phi) is 8.38. The minimum atomic E-state index is -0.963. The van der Waals surface area contributed by atoms with Gasteiger partial charge in [0.05, 0.1) is 43.0 Å². The van der Waals surface area contributed by atoms with Gasteiger partial charge in [0.2, 0.25) is 0 Å². The summed E-state index contributed by atoms with van der Waals surface area (Å²) >= 11 is 12.9. The molecule has 1 aliphatic heterocycles. The Morgan fingerprint density at radius 3 is 2.20 bits per heavy atom. The summed E-state index contributed by atoms with van der Waals surface area (Å²) in [5.74, 6) is -1.40. The molecule has 4 rings (SSSR count). The zero-order chi connectivity index (χ0) is 29.4. The average Bonchev–Trinajstić information content (AvgIpc) is 3.18. The molecule has 210 valence electrons. The first-order valence-corrected chi connectivity index (χ1v) is 13.4. The summed E-state index contributed by atoms with van der Waals surface area (Å²) in [5.41, 5.74) is 1.94. The Balaban J connectivity index is 2.00. The lowest BCUT2D eigenvalue weighted by Crippen LogP contribution is -2.29. The molecule has 3 aromatic rings. The second-order valence-corrected chi connectivity index (χ2v) is 11.0. The monoisotopic (exact) mass is 583 g/mol. The van der Waals surface area contributed by atoms with Gasteiger partial charge in [-0.2, -0.15) is 0 Å². The molecule has 0 saturated carbocycles. The van der Waals surface area contributed by atoms with Crippen LogP contribution in [0.2, 0.25) is 10.0 Å². The smallest absolute Gasteiger partial charge is 0.300 e. The predicted octanol–water partition coefficient (Wildman–Crippen LogP) is 7.33. The molecule has 40 heavy (non-hydrogen) atoms. The zero-order valence-electron chi connectivity index (χ0n) is 23.2. The lowest BCUT2D eigenvalue weighted by molar-refractivity contribution is -0.132. The molecule has 0 aromatic heterocycles. The molecule has 0 radical (unpaired) electrons. The van der Waals surface area contributed by atoms with Crippen molar-refractivity contribution in [1.82, 2.24) is 0 Å². The maximum atomic E-state index is 13.6. The predicted molar refractivity (Wildman–Crippen MR) is 157 cm³/mol. The highest BCUT2D eigenvalue weighted by molar-refractivity contribution is 6.52. The molecule has 1 amide bonds. The van der Waals surface area contributed by atoms with Gasteiger partial charge in [-0.3, -0.25) is 14.5 Å². The summed E-state index contributed by atoms with van der Waals surface area (Å²) in [6.07, 6.45) is 0. The number of amides is 1. The summed E-state index contributed by atoms with van der Waals surface area (Å²) in [4.78, 5) is 28.6. The minimum absolute atomic E-state index is 0.0174. The SMILES string of the molecule is CCOc1cccc(N2C(=O)C(=O)/C(=C(/O)c3cc(Cl)c(OC)c(Cl)c3OC)C2c2ccc(C(C)(C)C)cc2)c1. The second-order valence-electron chi connectivity index (χ2n) is 10.3. The quantitative estimate of drug-likeness (QED) is 0.178. The van der Waals surface area contributed by atoms with Crippen LogP contribution >= 0.6 is 23.2 Å². The number of carbonyl (C=O) groups excluding carboxylic acids is 2. The number of aliphatic hydroxyl groups is 1. The summed E-state index contributed by atoms with van der Waals surface area (Å²) < 4.78 is 16.4. The highest BCUT2D eigenvalue weighted by atomic mass is 35.5. The van der Waals surface area contributed by atoms with Gasteiger partial charge in [0.15, 0.2) is 11.5 Å². The van der Waals surface area contributed by atoms with Crippen molar-refractivity contribution in [3.05, 3.63) is 86.9 Å². The first kappa shape index (κ1) is 29.3. The standard InChI is InChI=1S/C31H31Cl2NO6/c1-7-40-20-10-8-9-19(15-20)34-25(17-11-13-18(14-12-17)31(2,3)4)23(27(36)30(34)37)26(35)21-16-22(32)29(39-6)24(33)28(21)38-5/h8-16,25,35H,7H2,1-6H3/b26-23+. The fraction of sp³-hybridized carbons (Fsp3) is 0.290. The maximum absolute atomic E-state index is 13.6. The van der Waals surface area contributed by atoms with Crippen molar-refractivity contribution in [2.75, 3.05) is 25.7 Å². The molecule has 1 atom stereocenters. The van der Waals surface area contributed by atoms with Crippen molar-refractivity contribution in [2.24, 2.45) is 0 Å². The molecule has 1 aliphatic rings. The minimum Gasteiger partial charge on any atom is -0.507 e. The van der Waals surface area contributed by atoms with Crippen LogP contribution in [0.5, 0.6) is 17.2 Å². The van der Waals surface area contributed by atoms with Gasteiger partial charge in [-0.1, -0.05) is 74.3 Å². The lowest BCUT2D eigenvalue weighted by Gasteiger charge is -2.27. The van der Waals surface area contributed by atoms with Gasteiger partial charge < -0.3 is 19.3 Å². The third kappa shape index (κ3) is 5.23. The van der Waals surface area contributed by atoms with Crippen molar-refractivity contribution < 1.29 is 28.9 Å². The Labute approximate surface area is 243 Å². The number of ketones is 1. The molecule has 1 saturated heterocycles. The number of hydrogen-bond donors (Lipinski definition) is 1. The van der Waals surface area contributed by atoms with Crippen LogP contribution < -0.4 is 19.1 Å². The lowest BCUT2D eigenvalue weighted by atomic mass is 9.85. The number of benzene rings is 3. The molecule has 9 heteroatoms. The van der Waals surface area contributed by atoms with E-state index in [9.17, 15) is 14.7 Å². The number of hydrogen-bond acceptors (Lipinski definition) is 6. The van der Waals surface area contributed by atoms with Gasteiger partial charge in [-0.05, 0) is 41.7 Å². The van der Waals surface area contributed by atoms with E-state index in [-0.39, 0.29) is 38.1 Å². The summed E-state index contributed by atoms with van der Waals surface area (Å²) in [6, 6.07) is 15.0. The Bertz CT molecular complexity index is 1490. The molecule has 7 nitrogen and oxygen atoms in total. The van der Waals surface area contributed by atoms with Crippen molar-refractivity contribution in [2.45, 2.75) is 39.2 Å². The number of nitrogens with zero attached hydrogens (tertiary/aromatic N) is 1. The Morgan fingerprint density at radius 2 is 1.62 bits per heavy atom. The molecular formula is C31H31Cl2NO6. The first-order valence-electron chi connectivity index (χ1n) is 12.7. The van der Waals surface area contributed by atoms with Crippen LogP contribution in [0.25, 0.3) is 5.76 Å². The zero-order valence-corrected chi connectivity index (χ0v) is 24.7. The number of ether oxygens (including phenoxy) is 3. The van der Waals surface area contributed by atoms with Crippen molar-refractivity contribution >= 4 is 46.3 Å². The number of methoxy groups -OCH3 is 2. The van der Waals surface area contributed by atoms with Crippen molar-refractivity contribution in [3.63, 3.8) is 0 Å². The van der Waals surface area contributed by atoms with E-state index >= 15 is 0 Å². The Morgan fingerprint density at radius 1 is 0.975 bits per heavy atom. The summed E-state index contributed by atoms with van der Waals surface area (Å²) in [5, 5.41) is 11.8. The van der Waals surface area contributed by atoms with Crippen LogP contribution in [-0.2, 0) is 15.0 Å². The highest BCUT2D eigenvalue weighted by Gasteiger charge is 2.47. The van der Waals surface area contributed by atoms with Gasteiger partial charge in [-0.15, -0.1) is 0 Å². The molecule has 0 spiro atoms. The van der Waals surface area contributed by atoms with E-state index in [0.717, 1.165) is 5.56 Å². The fourth-order valence-corrected chi connectivity index (χ4v) is 5.45. The van der Waals surface area contributed by atoms with E-state index in [0.29, 0.717) is 23.6 Å². The van der Waals surface area contributed by atoms with Crippen LogP contribution in [-0.4, -0.2) is 37.6 Å². The number of Topliss-reactive ketones (excluding diaryl/α,β-unsaturated/α-hetero) is 1. The number of carbonyl (C=O) groups is 2. The highest BCUT2D eigenvalue weighted by Crippen LogP contribution is 2.48. The number of halogens is 2. The van der Waals surface area contributed by atoms with E-state index in [1.165, 1.54) is 25.2 Å². The van der Waals surface area contributed by atoms with Crippen LogP contribution in [0.3, 0.4) is 0 Å². The number of aliphatic hydroxyl groups excluding tert-OH is 1.